The van der Waals surface area contributed by atoms with E-state index < -0.39 is 0 Å². The Kier molecular flexibility index (Phi) is 7.86. The van der Waals surface area contributed by atoms with Crippen LogP contribution in [0.2, 0.25) is 0 Å². The Morgan fingerprint density at radius 2 is 1.73 bits per heavy atom. The van der Waals surface area contributed by atoms with Crippen molar-refractivity contribution < 1.29 is 14.3 Å². The van der Waals surface area contributed by atoms with Gasteiger partial charge in [0.2, 0.25) is 5.91 Å². The number of piperidine rings is 1. The molecule has 1 aliphatic rings. The minimum Gasteiger partial charge on any atom is -0.383 e. The molecule has 1 fully saturated rings. The number of carbonyl (C=O) groups excluding carboxylic acids is 2. The maximum Gasteiger partial charge on any atom is 0.254 e. The molecule has 1 saturated heterocycles. The van der Waals surface area contributed by atoms with Gasteiger partial charge in [-0.2, -0.15) is 0 Å². The van der Waals surface area contributed by atoms with Crippen LogP contribution in [0.5, 0.6) is 0 Å². The van der Waals surface area contributed by atoms with Gasteiger partial charge in [0.05, 0.1) is 6.61 Å². The van der Waals surface area contributed by atoms with Gasteiger partial charge in [-0.25, -0.2) is 0 Å². The minimum absolute atomic E-state index is 0.0148. The van der Waals surface area contributed by atoms with Crippen molar-refractivity contribution in [2.45, 2.75) is 45.6 Å². The number of amides is 2. The Bertz CT molecular complexity index is 849. The van der Waals surface area contributed by atoms with Crippen LogP contribution < -0.4 is 0 Å². The molecule has 0 aliphatic carbocycles. The summed E-state index contributed by atoms with van der Waals surface area (Å²) in [5.41, 5.74) is 0.747. The van der Waals surface area contributed by atoms with Crippen LogP contribution in [0.3, 0.4) is 0 Å². The number of likely N-dealkylation sites (tertiary alicyclic amines) is 1. The summed E-state index contributed by atoms with van der Waals surface area (Å²) in [5, 5.41) is 2.06. The van der Waals surface area contributed by atoms with E-state index in [1.165, 1.54) is 0 Å². The zero-order valence-corrected chi connectivity index (χ0v) is 18.5. The van der Waals surface area contributed by atoms with E-state index in [1.54, 1.807) is 7.11 Å². The number of ether oxygens (including phenoxy) is 1. The van der Waals surface area contributed by atoms with E-state index in [9.17, 15) is 9.59 Å². The maximum absolute atomic E-state index is 13.3. The average Bonchev–Trinajstić information content (AvgIpc) is 2.80. The van der Waals surface area contributed by atoms with Gasteiger partial charge in [-0.05, 0) is 42.5 Å². The van der Waals surface area contributed by atoms with Crippen molar-refractivity contribution in [1.29, 1.82) is 0 Å². The molecule has 0 spiro atoms. The normalized spacial score (nSPS) is 15.0. The van der Waals surface area contributed by atoms with Crippen LogP contribution >= 0.6 is 0 Å². The summed E-state index contributed by atoms with van der Waals surface area (Å²) < 4.78 is 5.23. The fraction of sp³-hybridized carbons (Fsp3) is 0.520. The average molecular weight is 411 g/mol. The summed E-state index contributed by atoms with van der Waals surface area (Å²) in [7, 11) is 1.67. The third-order valence-electron chi connectivity index (χ3n) is 6.35. The van der Waals surface area contributed by atoms with Gasteiger partial charge in [0, 0.05) is 44.3 Å². The topological polar surface area (TPSA) is 49.9 Å². The molecule has 0 radical (unpaired) electrons. The molecule has 0 aromatic heterocycles. The van der Waals surface area contributed by atoms with Crippen LogP contribution in [0.25, 0.3) is 10.8 Å². The van der Waals surface area contributed by atoms with Gasteiger partial charge in [-0.3, -0.25) is 9.59 Å². The SMILES string of the molecule is CCC(CC)N(CCOC)C(=O)C1CCN(C(=O)c2cccc3ccccc23)CC1. The Labute approximate surface area is 180 Å². The van der Waals surface area contributed by atoms with E-state index in [0.717, 1.165) is 42.0 Å². The molecular weight excluding hydrogens is 376 g/mol. The summed E-state index contributed by atoms with van der Waals surface area (Å²) in [6, 6.07) is 14.1. The van der Waals surface area contributed by atoms with Crippen molar-refractivity contribution in [2.24, 2.45) is 5.92 Å². The first-order chi connectivity index (χ1) is 14.6. The lowest BCUT2D eigenvalue weighted by Crippen LogP contribution is -2.48. The van der Waals surface area contributed by atoms with E-state index in [-0.39, 0.29) is 23.8 Å². The standard InChI is InChI=1S/C25H34N2O3/c1-4-21(5-2)27(17-18-30-3)24(28)20-13-15-26(16-14-20)25(29)23-12-8-10-19-9-6-7-11-22(19)23/h6-12,20-21H,4-5,13-18H2,1-3H3. The number of carbonyl (C=O) groups is 2. The largest absolute Gasteiger partial charge is 0.383 e. The summed E-state index contributed by atoms with van der Waals surface area (Å²) in [6.07, 6.45) is 3.34. The monoisotopic (exact) mass is 410 g/mol. The number of rotatable bonds is 8. The number of fused-ring (bicyclic) bond motifs is 1. The number of methoxy groups -OCH3 is 1. The molecule has 5 nitrogen and oxygen atoms in total. The summed E-state index contributed by atoms with van der Waals surface area (Å²) in [6.45, 7) is 6.70. The third-order valence-corrected chi connectivity index (χ3v) is 6.35. The Morgan fingerprint density at radius 3 is 2.40 bits per heavy atom. The minimum atomic E-state index is -0.0148. The maximum atomic E-state index is 13.3. The molecule has 0 bridgehead atoms. The molecule has 0 unspecified atom stereocenters. The molecule has 0 N–H and O–H groups in total. The molecule has 2 aromatic carbocycles. The van der Waals surface area contributed by atoms with E-state index in [1.807, 2.05) is 52.3 Å². The highest BCUT2D eigenvalue weighted by Crippen LogP contribution is 2.25. The summed E-state index contributed by atoms with van der Waals surface area (Å²) in [5.74, 6) is 0.269. The van der Waals surface area contributed by atoms with Crippen molar-refractivity contribution in [3.05, 3.63) is 48.0 Å². The molecule has 2 aromatic rings. The second kappa shape index (κ2) is 10.6. The van der Waals surface area contributed by atoms with Crippen LogP contribution in [0.4, 0.5) is 0 Å². The number of nitrogens with zero attached hydrogens (tertiary/aromatic N) is 2. The third kappa shape index (κ3) is 4.84. The smallest absolute Gasteiger partial charge is 0.254 e. The number of hydrogen-bond donors (Lipinski definition) is 0. The molecule has 5 heteroatoms. The highest BCUT2D eigenvalue weighted by Gasteiger charge is 2.32. The zero-order chi connectivity index (χ0) is 21.5. The van der Waals surface area contributed by atoms with Gasteiger partial charge in [0.25, 0.3) is 5.91 Å². The van der Waals surface area contributed by atoms with Gasteiger partial charge in [0.15, 0.2) is 0 Å². The van der Waals surface area contributed by atoms with Gasteiger partial charge < -0.3 is 14.5 Å². The lowest BCUT2D eigenvalue weighted by atomic mass is 9.93. The molecule has 1 heterocycles. The van der Waals surface area contributed by atoms with Crippen LogP contribution in [0, 0.1) is 5.92 Å². The van der Waals surface area contributed by atoms with E-state index >= 15 is 0 Å². The molecule has 0 atom stereocenters. The quantitative estimate of drug-likeness (QED) is 0.650. The van der Waals surface area contributed by atoms with Gasteiger partial charge in [-0.1, -0.05) is 50.2 Å². The highest BCUT2D eigenvalue weighted by atomic mass is 16.5. The van der Waals surface area contributed by atoms with Crippen molar-refractivity contribution >= 4 is 22.6 Å². The molecular formula is C25H34N2O3. The van der Waals surface area contributed by atoms with E-state index in [4.69, 9.17) is 4.74 Å². The lowest BCUT2D eigenvalue weighted by molar-refractivity contribution is -0.140. The molecule has 3 rings (SSSR count). The van der Waals surface area contributed by atoms with Crippen molar-refractivity contribution in [1.82, 2.24) is 9.80 Å². The predicted octanol–water partition coefficient (Wildman–Crippen LogP) is 4.36. The Balaban J connectivity index is 1.67. The first-order valence-electron chi connectivity index (χ1n) is 11.2. The number of hydrogen-bond acceptors (Lipinski definition) is 3. The zero-order valence-electron chi connectivity index (χ0n) is 18.5. The van der Waals surface area contributed by atoms with Crippen LogP contribution in [-0.2, 0) is 9.53 Å². The first-order valence-corrected chi connectivity index (χ1v) is 11.2. The number of benzene rings is 2. The lowest BCUT2D eigenvalue weighted by Gasteiger charge is -2.37. The van der Waals surface area contributed by atoms with Gasteiger partial charge >= 0.3 is 0 Å². The molecule has 2 amide bonds. The van der Waals surface area contributed by atoms with E-state index in [2.05, 4.69) is 13.8 Å². The summed E-state index contributed by atoms with van der Waals surface area (Å²) >= 11 is 0. The second-order valence-corrected chi connectivity index (χ2v) is 8.09. The Hall–Kier alpha value is -2.40. The molecule has 162 valence electrons. The van der Waals surface area contributed by atoms with Gasteiger partial charge in [0.1, 0.15) is 0 Å². The predicted molar refractivity (Wildman–Crippen MR) is 121 cm³/mol. The fourth-order valence-corrected chi connectivity index (χ4v) is 4.54. The Morgan fingerprint density at radius 1 is 1.07 bits per heavy atom. The molecule has 0 saturated carbocycles. The van der Waals surface area contributed by atoms with Crippen molar-refractivity contribution in [3.63, 3.8) is 0 Å². The van der Waals surface area contributed by atoms with Crippen LogP contribution in [0.1, 0.15) is 49.9 Å². The van der Waals surface area contributed by atoms with E-state index in [0.29, 0.717) is 26.2 Å². The summed E-state index contributed by atoms with van der Waals surface area (Å²) in [4.78, 5) is 30.3. The fourth-order valence-electron chi connectivity index (χ4n) is 4.54. The molecule has 1 aliphatic heterocycles. The second-order valence-electron chi connectivity index (χ2n) is 8.09. The van der Waals surface area contributed by atoms with Crippen molar-refractivity contribution in [3.8, 4) is 0 Å². The first kappa shape index (κ1) is 22.3. The van der Waals surface area contributed by atoms with Gasteiger partial charge in [-0.15, -0.1) is 0 Å². The van der Waals surface area contributed by atoms with Crippen molar-refractivity contribution in [2.75, 3.05) is 33.4 Å². The molecule has 30 heavy (non-hydrogen) atoms. The van der Waals surface area contributed by atoms with Crippen LogP contribution in [-0.4, -0.2) is 61.0 Å². The van der Waals surface area contributed by atoms with Crippen LogP contribution in [0.15, 0.2) is 42.5 Å². The highest BCUT2D eigenvalue weighted by molar-refractivity contribution is 6.07.